The third kappa shape index (κ3) is 2.67. The monoisotopic (exact) mass is 318 g/mol. The minimum Gasteiger partial charge on any atom is -0.347 e. The maximum Gasteiger partial charge on any atom is 0.169 e. The number of hydrogen-bond donors (Lipinski definition) is 0. The van der Waals surface area contributed by atoms with Crippen LogP contribution < -0.4 is 0 Å². The molecule has 5 heteroatoms. The Bertz CT molecular complexity index is 651. The maximum atomic E-state index is 5.87. The topological polar surface area (TPSA) is 34.6 Å². The molecule has 2 aromatic rings. The normalized spacial score (nSPS) is 25.8. The predicted molar refractivity (Wildman–Crippen MR) is 87.9 cm³/mol. The predicted octanol–water partition coefficient (Wildman–Crippen LogP) is 3.27. The molecule has 2 fully saturated rings. The minimum atomic E-state index is -0.386. The Labute approximate surface area is 135 Å². The molecular formula is C17H22N2O2S. The van der Waals surface area contributed by atoms with Crippen molar-refractivity contribution in [2.75, 3.05) is 26.3 Å². The number of rotatable bonds is 3. The summed E-state index contributed by atoms with van der Waals surface area (Å²) in [5, 5.41) is 1.30. The molecule has 0 radical (unpaired) electrons. The van der Waals surface area contributed by atoms with Crippen LogP contribution in [0.1, 0.15) is 25.5 Å². The molecule has 0 unspecified atom stereocenters. The average molecular weight is 318 g/mol. The van der Waals surface area contributed by atoms with E-state index in [2.05, 4.69) is 40.5 Å². The smallest absolute Gasteiger partial charge is 0.169 e. The van der Waals surface area contributed by atoms with E-state index < -0.39 is 0 Å². The molecule has 0 spiro atoms. The van der Waals surface area contributed by atoms with E-state index in [1.54, 1.807) is 11.5 Å². The van der Waals surface area contributed by atoms with Gasteiger partial charge in [0.15, 0.2) is 5.79 Å². The summed E-state index contributed by atoms with van der Waals surface area (Å²) in [6.45, 7) is 6.65. The van der Waals surface area contributed by atoms with Gasteiger partial charge in [-0.15, -0.1) is 0 Å². The average Bonchev–Trinajstić information content (AvgIpc) is 3.16. The van der Waals surface area contributed by atoms with Gasteiger partial charge in [0, 0.05) is 24.4 Å². The van der Waals surface area contributed by atoms with Gasteiger partial charge in [0.05, 0.1) is 23.6 Å². The summed E-state index contributed by atoms with van der Waals surface area (Å²) >= 11 is 1.60. The lowest BCUT2D eigenvalue weighted by atomic mass is 9.90. The number of aromatic nitrogens is 1. The van der Waals surface area contributed by atoms with Crippen LogP contribution in [0.2, 0.25) is 0 Å². The quantitative estimate of drug-likeness (QED) is 0.870. The van der Waals surface area contributed by atoms with Crippen LogP contribution in [0.5, 0.6) is 0 Å². The number of ether oxygens (including phenoxy) is 2. The second kappa shape index (κ2) is 5.89. The Morgan fingerprint density at radius 3 is 3.00 bits per heavy atom. The summed E-state index contributed by atoms with van der Waals surface area (Å²) < 4.78 is 17.7. The van der Waals surface area contributed by atoms with E-state index in [-0.39, 0.29) is 5.79 Å². The van der Waals surface area contributed by atoms with Crippen molar-refractivity contribution in [3.63, 3.8) is 0 Å². The summed E-state index contributed by atoms with van der Waals surface area (Å²) in [5.74, 6) is 0.0664. The number of nitrogens with zero attached hydrogens (tertiary/aromatic N) is 2. The first kappa shape index (κ1) is 14.6. The Morgan fingerprint density at radius 1 is 1.32 bits per heavy atom. The number of fused-ring (bicyclic) bond motifs is 1. The third-order valence-electron chi connectivity index (χ3n) is 4.93. The van der Waals surface area contributed by atoms with Gasteiger partial charge in [-0.2, -0.15) is 4.37 Å². The highest BCUT2D eigenvalue weighted by Gasteiger charge is 2.41. The molecule has 3 heterocycles. The molecule has 22 heavy (non-hydrogen) atoms. The third-order valence-corrected chi connectivity index (χ3v) is 5.80. The van der Waals surface area contributed by atoms with Crippen molar-refractivity contribution in [2.45, 2.75) is 32.1 Å². The van der Waals surface area contributed by atoms with Crippen molar-refractivity contribution in [1.82, 2.24) is 9.27 Å². The van der Waals surface area contributed by atoms with Gasteiger partial charge in [-0.1, -0.05) is 18.2 Å². The van der Waals surface area contributed by atoms with Crippen LogP contribution in [0.25, 0.3) is 10.1 Å². The number of benzene rings is 1. The summed E-state index contributed by atoms with van der Waals surface area (Å²) in [7, 11) is 0. The molecule has 0 amide bonds. The Balaban J connectivity index is 1.48. The largest absolute Gasteiger partial charge is 0.347 e. The molecule has 1 aromatic heterocycles. The van der Waals surface area contributed by atoms with Gasteiger partial charge in [-0.25, -0.2) is 0 Å². The van der Waals surface area contributed by atoms with Crippen molar-refractivity contribution in [3.05, 3.63) is 30.0 Å². The van der Waals surface area contributed by atoms with Gasteiger partial charge in [-0.05, 0) is 43.9 Å². The lowest BCUT2D eigenvalue weighted by molar-refractivity contribution is -0.192. The van der Waals surface area contributed by atoms with Gasteiger partial charge < -0.3 is 9.47 Å². The number of likely N-dealkylation sites (tertiary alicyclic amines) is 1. The Hall–Kier alpha value is -1.01. The standard InChI is InChI=1S/C17H22N2O2S/c1-17(20-9-10-21-17)13-5-4-8-19(11-13)12-15-14-6-2-3-7-16(14)22-18-15/h2-3,6-7,13H,4-5,8-12H2,1H3/t13-/m0/s1. The maximum absolute atomic E-state index is 5.87. The molecule has 4 rings (SSSR count). The fourth-order valence-corrected chi connectivity index (χ4v) is 4.45. The fourth-order valence-electron chi connectivity index (χ4n) is 3.66. The first-order chi connectivity index (χ1) is 10.7. The highest BCUT2D eigenvalue weighted by molar-refractivity contribution is 7.13. The Kier molecular flexibility index (Phi) is 3.90. The first-order valence-electron chi connectivity index (χ1n) is 8.08. The minimum absolute atomic E-state index is 0.386. The van der Waals surface area contributed by atoms with Crippen LogP contribution in [-0.4, -0.2) is 41.4 Å². The lowest BCUT2D eigenvalue weighted by Gasteiger charge is -2.39. The lowest BCUT2D eigenvalue weighted by Crippen LogP contribution is -2.46. The molecule has 0 bridgehead atoms. The second-order valence-corrected chi connectivity index (χ2v) is 7.22. The number of hydrogen-bond acceptors (Lipinski definition) is 5. The van der Waals surface area contributed by atoms with Crippen LogP contribution in [0, 0.1) is 5.92 Å². The van der Waals surface area contributed by atoms with E-state index in [0.29, 0.717) is 5.92 Å². The first-order valence-corrected chi connectivity index (χ1v) is 8.85. The van der Waals surface area contributed by atoms with Crippen molar-refractivity contribution in [1.29, 1.82) is 0 Å². The summed E-state index contributed by atoms with van der Waals surface area (Å²) in [4.78, 5) is 2.51. The highest BCUT2D eigenvalue weighted by atomic mass is 32.1. The highest BCUT2D eigenvalue weighted by Crippen LogP contribution is 2.35. The molecule has 118 valence electrons. The molecule has 0 N–H and O–H groups in total. The molecule has 0 aliphatic carbocycles. The van der Waals surface area contributed by atoms with E-state index in [9.17, 15) is 0 Å². The SMILES string of the molecule is CC1([C@H]2CCCN(Cc3nsc4ccccc34)C2)OCCO1. The molecule has 4 nitrogen and oxygen atoms in total. The van der Waals surface area contributed by atoms with E-state index in [4.69, 9.17) is 9.47 Å². The van der Waals surface area contributed by atoms with Gasteiger partial charge in [-0.3, -0.25) is 4.90 Å². The number of piperidine rings is 1. The summed E-state index contributed by atoms with van der Waals surface area (Å²) in [6, 6.07) is 8.51. The molecular weight excluding hydrogens is 296 g/mol. The molecule has 0 saturated carbocycles. The molecule has 2 aliphatic heterocycles. The van der Waals surface area contributed by atoms with Crippen LogP contribution in [0.3, 0.4) is 0 Å². The molecule has 1 aromatic carbocycles. The fraction of sp³-hybridized carbons (Fsp3) is 0.588. The second-order valence-electron chi connectivity index (χ2n) is 6.41. The van der Waals surface area contributed by atoms with Gasteiger partial charge in [0.25, 0.3) is 0 Å². The van der Waals surface area contributed by atoms with Crippen LogP contribution >= 0.6 is 11.5 Å². The zero-order chi connectivity index (χ0) is 15.0. The molecule has 2 saturated heterocycles. The zero-order valence-corrected chi connectivity index (χ0v) is 13.8. The van der Waals surface area contributed by atoms with E-state index in [1.165, 1.54) is 28.6 Å². The van der Waals surface area contributed by atoms with Crippen molar-refractivity contribution >= 4 is 21.6 Å². The van der Waals surface area contributed by atoms with Gasteiger partial charge in [0.1, 0.15) is 0 Å². The van der Waals surface area contributed by atoms with Gasteiger partial charge >= 0.3 is 0 Å². The van der Waals surface area contributed by atoms with Crippen LogP contribution in [0.4, 0.5) is 0 Å². The van der Waals surface area contributed by atoms with Crippen LogP contribution in [0.15, 0.2) is 24.3 Å². The zero-order valence-electron chi connectivity index (χ0n) is 13.0. The molecule has 2 aliphatic rings. The summed E-state index contributed by atoms with van der Waals surface area (Å²) in [5.41, 5.74) is 1.21. The van der Waals surface area contributed by atoms with Crippen molar-refractivity contribution in [3.8, 4) is 0 Å². The van der Waals surface area contributed by atoms with Crippen molar-refractivity contribution < 1.29 is 9.47 Å². The van der Waals surface area contributed by atoms with E-state index in [0.717, 1.165) is 32.8 Å². The molecule has 1 atom stereocenters. The summed E-state index contributed by atoms with van der Waals surface area (Å²) in [6.07, 6.45) is 2.39. The van der Waals surface area contributed by atoms with Crippen molar-refractivity contribution in [2.24, 2.45) is 5.92 Å². The van der Waals surface area contributed by atoms with Crippen LogP contribution in [-0.2, 0) is 16.0 Å². The Morgan fingerprint density at radius 2 is 2.14 bits per heavy atom. The van der Waals surface area contributed by atoms with Gasteiger partial charge in [0.2, 0.25) is 0 Å². The van der Waals surface area contributed by atoms with E-state index >= 15 is 0 Å². The van der Waals surface area contributed by atoms with E-state index in [1.807, 2.05) is 0 Å².